The van der Waals surface area contributed by atoms with Gasteiger partial charge in [0.2, 0.25) is 5.91 Å². The van der Waals surface area contributed by atoms with Crippen LogP contribution >= 0.6 is 0 Å². The molecule has 0 radical (unpaired) electrons. The molecule has 116 valence electrons. The molecule has 0 saturated carbocycles. The average Bonchev–Trinajstić information content (AvgIpc) is 2.45. The van der Waals surface area contributed by atoms with E-state index >= 15 is 0 Å². The summed E-state index contributed by atoms with van der Waals surface area (Å²) < 4.78 is 0. The third-order valence-electron chi connectivity index (χ3n) is 4.42. The van der Waals surface area contributed by atoms with E-state index in [1.165, 1.54) is 5.56 Å². The molecule has 0 unspecified atom stereocenters. The van der Waals surface area contributed by atoms with Crippen LogP contribution in [0.2, 0.25) is 0 Å². The second kappa shape index (κ2) is 6.18. The Balaban J connectivity index is 2.08. The molecule has 1 fully saturated rings. The van der Waals surface area contributed by atoms with Gasteiger partial charge in [0.25, 0.3) is 0 Å². The van der Waals surface area contributed by atoms with E-state index in [2.05, 4.69) is 57.3 Å². The number of carbonyl (C=O) groups excluding carboxylic acids is 1. The second-order valence-corrected chi connectivity index (χ2v) is 7.27. The van der Waals surface area contributed by atoms with Gasteiger partial charge >= 0.3 is 0 Å². The van der Waals surface area contributed by atoms with Crippen LogP contribution in [0.15, 0.2) is 24.3 Å². The van der Waals surface area contributed by atoms with E-state index < -0.39 is 0 Å². The van der Waals surface area contributed by atoms with Crippen molar-refractivity contribution in [1.29, 1.82) is 0 Å². The quantitative estimate of drug-likeness (QED) is 0.905. The highest BCUT2D eigenvalue weighted by molar-refractivity contribution is 5.94. The number of carbonyl (C=O) groups is 1. The Kier molecular flexibility index (Phi) is 4.72. The topological polar surface area (TPSA) is 32.3 Å². The lowest BCUT2D eigenvalue weighted by Crippen LogP contribution is -2.43. The van der Waals surface area contributed by atoms with E-state index in [0.29, 0.717) is 6.04 Å². The summed E-state index contributed by atoms with van der Waals surface area (Å²) in [5, 5.41) is 3.40. The third-order valence-corrected chi connectivity index (χ3v) is 4.42. The second-order valence-electron chi connectivity index (χ2n) is 7.27. The van der Waals surface area contributed by atoms with Crippen LogP contribution in [0.1, 0.15) is 46.1 Å². The van der Waals surface area contributed by atoms with Gasteiger partial charge < -0.3 is 10.2 Å². The number of nitrogens with zero attached hydrogens (tertiary/aromatic N) is 1. The largest absolute Gasteiger partial charge is 0.315 e. The first-order valence-corrected chi connectivity index (χ1v) is 7.90. The Morgan fingerprint density at radius 3 is 2.38 bits per heavy atom. The average molecular weight is 288 g/mol. The number of amides is 1. The molecule has 1 aromatic carbocycles. The van der Waals surface area contributed by atoms with Crippen LogP contribution < -0.4 is 10.2 Å². The Morgan fingerprint density at radius 1 is 1.24 bits per heavy atom. The molecule has 0 aromatic heterocycles. The number of rotatable bonds is 2. The Morgan fingerprint density at radius 2 is 1.86 bits per heavy atom. The Hall–Kier alpha value is -1.35. The molecule has 3 heteroatoms. The van der Waals surface area contributed by atoms with E-state index in [4.69, 9.17) is 0 Å². The predicted molar refractivity (Wildman–Crippen MR) is 88.7 cm³/mol. The molecule has 21 heavy (non-hydrogen) atoms. The number of nitrogens with one attached hydrogen (secondary N) is 1. The highest BCUT2D eigenvalue weighted by Crippen LogP contribution is 2.26. The van der Waals surface area contributed by atoms with Crippen molar-refractivity contribution in [3.8, 4) is 0 Å². The van der Waals surface area contributed by atoms with Gasteiger partial charge in [0.15, 0.2) is 0 Å². The highest BCUT2D eigenvalue weighted by Gasteiger charge is 2.27. The molecule has 2 atom stereocenters. The Labute approximate surface area is 128 Å². The number of benzene rings is 1. The minimum absolute atomic E-state index is 0.144. The molecule has 1 amide bonds. The van der Waals surface area contributed by atoms with Crippen molar-refractivity contribution >= 4 is 11.6 Å². The molecule has 0 aliphatic carbocycles. The lowest BCUT2D eigenvalue weighted by atomic mass is 9.87. The van der Waals surface area contributed by atoms with Gasteiger partial charge in [0.1, 0.15) is 0 Å². The number of piperidine rings is 1. The molecule has 1 N–H and O–H groups in total. The molecule has 1 heterocycles. The first-order chi connectivity index (χ1) is 9.79. The lowest BCUT2D eigenvalue weighted by molar-refractivity contribution is -0.123. The van der Waals surface area contributed by atoms with Crippen LogP contribution in [0.3, 0.4) is 0 Å². The smallest absolute Gasteiger partial charge is 0.229 e. The molecular formula is C18H28N2O. The van der Waals surface area contributed by atoms with Gasteiger partial charge in [0.05, 0.1) is 0 Å². The molecule has 1 saturated heterocycles. The number of anilines is 1. The number of hydrogen-bond donors (Lipinski definition) is 1. The molecule has 1 aliphatic heterocycles. The SMILES string of the molecule is C[C@H]1C[C@@H](C(=O)N(C)c2ccc(C(C)(C)C)cc2)CCN1. The van der Waals surface area contributed by atoms with E-state index in [-0.39, 0.29) is 17.2 Å². The summed E-state index contributed by atoms with van der Waals surface area (Å²) in [5.41, 5.74) is 2.42. The van der Waals surface area contributed by atoms with Crippen LogP contribution in [0.5, 0.6) is 0 Å². The minimum Gasteiger partial charge on any atom is -0.315 e. The van der Waals surface area contributed by atoms with Gasteiger partial charge in [0, 0.05) is 24.7 Å². The number of hydrogen-bond acceptors (Lipinski definition) is 2. The first kappa shape index (κ1) is 16.0. The van der Waals surface area contributed by atoms with Crippen molar-refractivity contribution in [3.63, 3.8) is 0 Å². The van der Waals surface area contributed by atoms with Crippen molar-refractivity contribution in [1.82, 2.24) is 5.32 Å². The fourth-order valence-corrected chi connectivity index (χ4v) is 2.94. The van der Waals surface area contributed by atoms with Gasteiger partial charge in [-0.15, -0.1) is 0 Å². The van der Waals surface area contributed by atoms with E-state index in [0.717, 1.165) is 25.1 Å². The molecule has 2 rings (SSSR count). The summed E-state index contributed by atoms with van der Waals surface area (Å²) in [6.45, 7) is 9.69. The zero-order chi connectivity index (χ0) is 15.6. The third kappa shape index (κ3) is 3.85. The minimum atomic E-state index is 0.144. The summed E-state index contributed by atoms with van der Waals surface area (Å²) in [4.78, 5) is 14.4. The van der Waals surface area contributed by atoms with Gasteiger partial charge in [-0.2, -0.15) is 0 Å². The first-order valence-electron chi connectivity index (χ1n) is 7.90. The molecule has 0 bridgehead atoms. The van der Waals surface area contributed by atoms with Crippen molar-refractivity contribution in [2.24, 2.45) is 5.92 Å². The zero-order valence-corrected chi connectivity index (χ0v) is 13.9. The van der Waals surface area contributed by atoms with Crippen molar-refractivity contribution in [2.45, 2.75) is 52.0 Å². The monoisotopic (exact) mass is 288 g/mol. The van der Waals surface area contributed by atoms with Crippen molar-refractivity contribution in [3.05, 3.63) is 29.8 Å². The molecule has 3 nitrogen and oxygen atoms in total. The van der Waals surface area contributed by atoms with Crippen LogP contribution in [0.4, 0.5) is 5.69 Å². The maximum Gasteiger partial charge on any atom is 0.229 e. The summed E-state index contributed by atoms with van der Waals surface area (Å²) >= 11 is 0. The van der Waals surface area contributed by atoms with Gasteiger partial charge in [-0.05, 0) is 49.4 Å². The summed E-state index contributed by atoms with van der Waals surface area (Å²) in [6.07, 6.45) is 1.87. The molecule has 0 spiro atoms. The maximum absolute atomic E-state index is 12.6. The van der Waals surface area contributed by atoms with E-state index in [9.17, 15) is 4.79 Å². The summed E-state index contributed by atoms with van der Waals surface area (Å²) in [6, 6.07) is 8.81. The fourth-order valence-electron chi connectivity index (χ4n) is 2.94. The van der Waals surface area contributed by atoms with Crippen molar-refractivity contribution in [2.75, 3.05) is 18.5 Å². The van der Waals surface area contributed by atoms with Gasteiger partial charge in [-0.25, -0.2) is 0 Å². The van der Waals surface area contributed by atoms with Gasteiger partial charge in [-0.1, -0.05) is 32.9 Å². The normalized spacial score (nSPS) is 22.9. The highest BCUT2D eigenvalue weighted by atomic mass is 16.2. The van der Waals surface area contributed by atoms with E-state index in [1.54, 1.807) is 0 Å². The molecular weight excluding hydrogens is 260 g/mol. The van der Waals surface area contributed by atoms with Crippen LogP contribution in [0.25, 0.3) is 0 Å². The van der Waals surface area contributed by atoms with Crippen LogP contribution in [0, 0.1) is 5.92 Å². The predicted octanol–water partition coefficient (Wildman–Crippen LogP) is 3.34. The molecule has 1 aromatic rings. The van der Waals surface area contributed by atoms with Crippen molar-refractivity contribution < 1.29 is 4.79 Å². The summed E-state index contributed by atoms with van der Waals surface area (Å²) in [5.74, 6) is 0.389. The standard InChI is InChI=1S/C18H28N2O/c1-13-12-14(10-11-19-13)17(21)20(5)16-8-6-15(7-9-16)18(2,3)4/h6-9,13-14,19H,10-12H2,1-5H3/t13-,14-/m0/s1. The van der Waals surface area contributed by atoms with Gasteiger partial charge in [-0.3, -0.25) is 4.79 Å². The van der Waals surface area contributed by atoms with E-state index in [1.807, 2.05) is 11.9 Å². The van der Waals surface area contributed by atoms with Crippen LogP contribution in [-0.4, -0.2) is 25.5 Å². The van der Waals surface area contributed by atoms with Crippen LogP contribution in [-0.2, 0) is 10.2 Å². The fraction of sp³-hybridized carbons (Fsp3) is 0.611. The lowest BCUT2D eigenvalue weighted by Gasteiger charge is -2.30. The summed E-state index contributed by atoms with van der Waals surface area (Å²) in [7, 11) is 1.89. The zero-order valence-electron chi connectivity index (χ0n) is 13.9. The maximum atomic E-state index is 12.6. The Bertz CT molecular complexity index is 487. The molecule has 1 aliphatic rings.